The van der Waals surface area contributed by atoms with Gasteiger partial charge in [-0.3, -0.25) is 4.68 Å². The molecule has 0 aromatic carbocycles. The third-order valence-electron chi connectivity index (χ3n) is 3.49. The molecule has 0 bridgehead atoms. The summed E-state index contributed by atoms with van der Waals surface area (Å²) >= 11 is 0. The summed E-state index contributed by atoms with van der Waals surface area (Å²) in [6, 6.07) is 4.57. The minimum absolute atomic E-state index is 0.268. The molecule has 1 N–H and O–H groups in total. The minimum atomic E-state index is 0.268. The van der Waals surface area contributed by atoms with E-state index in [2.05, 4.69) is 41.1 Å². The van der Waals surface area contributed by atoms with Crippen LogP contribution in [0.15, 0.2) is 22.8 Å². The molecule has 0 radical (unpaired) electrons. The van der Waals surface area contributed by atoms with Crippen LogP contribution in [0.3, 0.4) is 0 Å². The van der Waals surface area contributed by atoms with E-state index in [0.717, 1.165) is 30.8 Å². The Labute approximate surface area is 114 Å². The van der Waals surface area contributed by atoms with Crippen molar-refractivity contribution < 1.29 is 4.42 Å². The Morgan fingerprint density at radius 1 is 1.37 bits per heavy atom. The van der Waals surface area contributed by atoms with Gasteiger partial charge in [0.05, 0.1) is 12.0 Å². The normalized spacial score (nSPS) is 12.8. The SMILES string of the molecule is CCc1cc(CC(NC)c2coc(C)c2)n(CC)n1. The monoisotopic (exact) mass is 261 g/mol. The lowest BCUT2D eigenvalue weighted by atomic mass is 10.0. The highest BCUT2D eigenvalue weighted by atomic mass is 16.3. The number of aromatic nitrogens is 2. The molecule has 4 heteroatoms. The van der Waals surface area contributed by atoms with E-state index < -0.39 is 0 Å². The lowest BCUT2D eigenvalue weighted by molar-refractivity contribution is 0.511. The van der Waals surface area contributed by atoms with Gasteiger partial charge in [0.2, 0.25) is 0 Å². The van der Waals surface area contributed by atoms with E-state index >= 15 is 0 Å². The molecule has 0 aliphatic carbocycles. The number of furan rings is 1. The number of likely N-dealkylation sites (N-methyl/N-ethyl adjacent to an activating group) is 1. The van der Waals surface area contributed by atoms with Crippen molar-refractivity contribution >= 4 is 0 Å². The van der Waals surface area contributed by atoms with Crippen LogP contribution in [0, 0.1) is 6.92 Å². The van der Waals surface area contributed by atoms with E-state index in [1.165, 1.54) is 11.3 Å². The number of aryl methyl sites for hydroxylation is 3. The summed E-state index contributed by atoms with van der Waals surface area (Å²) in [7, 11) is 1.99. The molecule has 0 amide bonds. The first-order valence-corrected chi connectivity index (χ1v) is 6.95. The van der Waals surface area contributed by atoms with E-state index in [9.17, 15) is 0 Å². The van der Waals surface area contributed by atoms with Crippen LogP contribution in [-0.2, 0) is 19.4 Å². The summed E-state index contributed by atoms with van der Waals surface area (Å²) in [5.74, 6) is 0.952. The van der Waals surface area contributed by atoms with Crippen molar-refractivity contribution in [1.82, 2.24) is 15.1 Å². The van der Waals surface area contributed by atoms with Gasteiger partial charge in [-0.25, -0.2) is 0 Å². The highest BCUT2D eigenvalue weighted by Crippen LogP contribution is 2.21. The maximum absolute atomic E-state index is 5.41. The van der Waals surface area contributed by atoms with E-state index in [-0.39, 0.29) is 6.04 Å². The Morgan fingerprint density at radius 2 is 2.16 bits per heavy atom. The molecule has 0 aliphatic rings. The average Bonchev–Trinajstić information content (AvgIpc) is 3.01. The fourth-order valence-electron chi connectivity index (χ4n) is 2.37. The van der Waals surface area contributed by atoms with Crippen LogP contribution in [0.25, 0.3) is 0 Å². The first-order valence-electron chi connectivity index (χ1n) is 6.95. The zero-order chi connectivity index (χ0) is 13.8. The van der Waals surface area contributed by atoms with Crippen molar-refractivity contribution in [2.45, 2.75) is 46.2 Å². The maximum Gasteiger partial charge on any atom is 0.101 e. The van der Waals surface area contributed by atoms with Gasteiger partial charge in [0, 0.05) is 30.3 Å². The third kappa shape index (κ3) is 3.07. The van der Waals surface area contributed by atoms with E-state index in [0.29, 0.717) is 0 Å². The Hall–Kier alpha value is -1.55. The predicted molar refractivity (Wildman–Crippen MR) is 76.2 cm³/mol. The molecule has 104 valence electrons. The average molecular weight is 261 g/mol. The zero-order valence-corrected chi connectivity index (χ0v) is 12.2. The third-order valence-corrected chi connectivity index (χ3v) is 3.49. The second-order valence-corrected chi connectivity index (χ2v) is 4.83. The zero-order valence-electron chi connectivity index (χ0n) is 12.2. The van der Waals surface area contributed by atoms with Gasteiger partial charge in [-0.2, -0.15) is 5.10 Å². The Bertz CT molecular complexity index is 527. The molecule has 1 atom stereocenters. The number of hydrogen-bond donors (Lipinski definition) is 1. The molecule has 2 aromatic rings. The van der Waals surface area contributed by atoms with Crippen molar-refractivity contribution in [2.24, 2.45) is 0 Å². The number of nitrogens with zero attached hydrogens (tertiary/aromatic N) is 2. The fraction of sp³-hybridized carbons (Fsp3) is 0.533. The molecule has 0 aliphatic heterocycles. The predicted octanol–water partition coefficient (Wildman–Crippen LogP) is 2.87. The molecule has 0 fully saturated rings. The van der Waals surface area contributed by atoms with Gasteiger partial charge in [0.15, 0.2) is 0 Å². The Morgan fingerprint density at radius 3 is 2.68 bits per heavy atom. The van der Waals surface area contributed by atoms with E-state index in [4.69, 9.17) is 4.42 Å². The molecule has 2 heterocycles. The molecule has 19 heavy (non-hydrogen) atoms. The molecular weight excluding hydrogens is 238 g/mol. The van der Waals surface area contributed by atoms with Gasteiger partial charge >= 0.3 is 0 Å². The summed E-state index contributed by atoms with van der Waals surface area (Å²) in [5, 5.41) is 7.96. The van der Waals surface area contributed by atoms with Crippen molar-refractivity contribution in [1.29, 1.82) is 0 Å². The van der Waals surface area contributed by atoms with Crippen LogP contribution < -0.4 is 5.32 Å². The van der Waals surface area contributed by atoms with Gasteiger partial charge in [-0.1, -0.05) is 6.92 Å². The molecule has 0 saturated heterocycles. The van der Waals surface area contributed by atoms with Crippen LogP contribution in [-0.4, -0.2) is 16.8 Å². The molecule has 4 nitrogen and oxygen atoms in total. The van der Waals surface area contributed by atoms with Crippen molar-refractivity contribution in [2.75, 3.05) is 7.05 Å². The summed E-state index contributed by atoms with van der Waals surface area (Å²) in [5.41, 5.74) is 3.63. The maximum atomic E-state index is 5.41. The molecule has 0 saturated carbocycles. The molecule has 1 unspecified atom stereocenters. The van der Waals surface area contributed by atoms with Crippen LogP contribution in [0.1, 0.15) is 42.6 Å². The minimum Gasteiger partial charge on any atom is -0.469 e. The van der Waals surface area contributed by atoms with Gasteiger partial charge in [-0.05, 0) is 39.4 Å². The highest BCUT2D eigenvalue weighted by molar-refractivity contribution is 5.20. The van der Waals surface area contributed by atoms with Gasteiger partial charge in [0.1, 0.15) is 5.76 Å². The van der Waals surface area contributed by atoms with Crippen molar-refractivity contribution in [3.8, 4) is 0 Å². The lowest BCUT2D eigenvalue weighted by Gasteiger charge is -2.14. The quantitative estimate of drug-likeness (QED) is 0.869. The van der Waals surface area contributed by atoms with Crippen LogP contribution >= 0.6 is 0 Å². The van der Waals surface area contributed by atoms with E-state index in [1.807, 2.05) is 20.2 Å². The van der Waals surface area contributed by atoms with Gasteiger partial charge in [0.25, 0.3) is 0 Å². The van der Waals surface area contributed by atoms with Gasteiger partial charge in [-0.15, -0.1) is 0 Å². The second-order valence-electron chi connectivity index (χ2n) is 4.83. The number of rotatable bonds is 6. The second kappa shape index (κ2) is 6.06. The molecule has 0 spiro atoms. The highest BCUT2D eigenvalue weighted by Gasteiger charge is 2.15. The van der Waals surface area contributed by atoms with E-state index in [1.54, 1.807) is 0 Å². The van der Waals surface area contributed by atoms with Crippen LogP contribution in [0.2, 0.25) is 0 Å². The summed E-state index contributed by atoms with van der Waals surface area (Å²) < 4.78 is 7.50. The summed E-state index contributed by atoms with van der Waals surface area (Å²) in [6.45, 7) is 7.16. The Kier molecular flexibility index (Phi) is 4.43. The van der Waals surface area contributed by atoms with Crippen molar-refractivity contribution in [3.63, 3.8) is 0 Å². The van der Waals surface area contributed by atoms with Crippen LogP contribution in [0.5, 0.6) is 0 Å². The lowest BCUT2D eigenvalue weighted by Crippen LogP contribution is -2.20. The summed E-state index contributed by atoms with van der Waals surface area (Å²) in [4.78, 5) is 0. The standard InChI is InChI=1S/C15H23N3O/c1-5-13-8-14(18(6-2)17-13)9-15(16-4)12-7-11(3)19-10-12/h7-8,10,15-16H,5-6,9H2,1-4H3. The number of nitrogens with one attached hydrogen (secondary N) is 1. The molecular formula is C15H23N3O. The first-order chi connectivity index (χ1) is 9.17. The van der Waals surface area contributed by atoms with Crippen LogP contribution in [0.4, 0.5) is 0 Å². The topological polar surface area (TPSA) is 43.0 Å². The first kappa shape index (κ1) is 13.9. The summed E-state index contributed by atoms with van der Waals surface area (Å²) in [6.07, 6.45) is 3.75. The van der Waals surface area contributed by atoms with Gasteiger partial charge < -0.3 is 9.73 Å². The van der Waals surface area contributed by atoms with Crippen molar-refractivity contribution in [3.05, 3.63) is 41.1 Å². The fourth-order valence-corrected chi connectivity index (χ4v) is 2.37. The number of hydrogen-bond acceptors (Lipinski definition) is 3. The largest absolute Gasteiger partial charge is 0.469 e. The smallest absolute Gasteiger partial charge is 0.101 e. The molecule has 2 rings (SSSR count). The Balaban J connectivity index is 2.20. The molecule has 2 aromatic heterocycles.